The molecule has 1 aliphatic rings. The quantitative estimate of drug-likeness (QED) is 0.624. The SMILES string of the molecule is CCOc1ccccc1Nc1ncnc(N2CCN(Cc3ccccc3)CC2)c1N. The van der Waals surface area contributed by atoms with Crippen LogP contribution in [0, 0.1) is 0 Å². The third-order valence-electron chi connectivity index (χ3n) is 5.22. The Bertz CT molecular complexity index is 957. The van der Waals surface area contributed by atoms with Crippen molar-refractivity contribution >= 4 is 23.0 Å². The van der Waals surface area contributed by atoms with Crippen molar-refractivity contribution in [1.82, 2.24) is 14.9 Å². The van der Waals surface area contributed by atoms with E-state index in [0.717, 1.165) is 50.0 Å². The van der Waals surface area contributed by atoms with E-state index in [1.165, 1.54) is 5.56 Å². The monoisotopic (exact) mass is 404 g/mol. The minimum absolute atomic E-state index is 0.556. The number of nitrogen functional groups attached to an aromatic ring is 1. The highest BCUT2D eigenvalue weighted by molar-refractivity contribution is 5.79. The molecule has 156 valence electrons. The molecule has 0 bridgehead atoms. The molecule has 0 spiro atoms. The molecule has 30 heavy (non-hydrogen) atoms. The van der Waals surface area contributed by atoms with Gasteiger partial charge in [-0.05, 0) is 24.6 Å². The Balaban J connectivity index is 1.44. The van der Waals surface area contributed by atoms with Gasteiger partial charge >= 0.3 is 0 Å². The van der Waals surface area contributed by atoms with Gasteiger partial charge in [-0.2, -0.15) is 0 Å². The first-order valence-electron chi connectivity index (χ1n) is 10.3. The molecule has 2 heterocycles. The first-order valence-corrected chi connectivity index (χ1v) is 10.3. The molecule has 1 aromatic heterocycles. The van der Waals surface area contributed by atoms with Gasteiger partial charge in [0, 0.05) is 32.7 Å². The van der Waals surface area contributed by atoms with Gasteiger partial charge in [-0.3, -0.25) is 4.90 Å². The second kappa shape index (κ2) is 9.45. The molecule has 0 aliphatic carbocycles. The molecular formula is C23H28N6O. The van der Waals surface area contributed by atoms with Gasteiger partial charge in [-0.15, -0.1) is 0 Å². The van der Waals surface area contributed by atoms with E-state index < -0.39 is 0 Å². The van der Waals surface area contributed by atoms with Gasteiger partial charge in [-0.25, -0.2) is 9.97 Å². The van der Waals surface area contributed by atoms with Gasteiger partial charge in [0.05, 0.1) is 12.3 Å². The number of ether oxygens (including phenoxy) is 1. The van der Waals surface area contributed by atoms with E-state index in [0.29, 0.717) is 18.1 Å². The molecule has 0 saturated carbocycles. The van der Waals surface area contributed by atoms with Gasteiger partial charge < -0.3 is 20.7 Å². The number of nitrogens with zero attached hydrogens (tertiary/aromatic N) is 4. The van der Waals surface area contributed by atoms with Crippen molar-refractivity contribution in [3.05, 3.63) is 66.5 Å². The summed E-state index contributed by atoms with van der Waals surface area (Å²) in [5.41, 5.74) is 9.19. The van der Waals surface area contributed by atoms with Crippen molar-refractivity contribution in [3.63, 3.8) is 0 Å². The van der Waals surface area contributed by atoms with Crippen molar-refractivity contribution < 1.29 is 4.74 Å². The van der Waals surface area contributed by atoms with Crippen molar-refractivity contribution in [2.45, 2.75) is 13.5 Å². The third-order valence-corrected chi connectivity index (χ3v) is 5.22. The number of aromatic nitrogens is 2. The van der Waals surface area contributed by atoms with Gasteiger partial charge in [0.2, 0.25) is 0 Å². The molecule has 4 rings (SSSR count). The second-order valence-corrected chi connectivity index (χ2v) is 7.26. The molecule has 3 N–H and O–H groups in total. The molecule has 1 fully saturated rings. The first kappa shape index (κ1) is 20.0. The lowest BCUT2D eigenvalue weighted by molar-refractivity contribution is 0.249. The molecule has 0 radical (unpaired) electrons. The summed E-state index contributed by atoms with van der Waals surface area (Å²) in [6.07, 6.45) is 1.56. The highest BCUT2D eigenvalue weighted by Crippen LogP contribution is 2.32. The lowest BCUT2D eigenvalue weighted by Gasteiger charge is -2.36. The first-order chi connectivity index (χ1) is 14.7. The number of rotatable bonds is 7. The number of benzene rings is 2. The van der Waals surface area contributed by atoms with Gasteiger partial charge in [-0.1, -0.05) is 42.5 Å². The third kappa shape index (κ3) is 4.63. The largest absolute Gasteiger partial charge is 0.492 e. The maximum atomic E-state index is 6.46. The minimum atomic E-state index is 0.556. The Hall–Kier alpha value is -3.32. The van der Waals surface area contributed by atoms with Crippen LogP contribution in [0.3, 0.4) is 0 Å². The average Bonchev–Trinajstić information content (AvgIpc) is 2.78. The number of nitrogens with two attached hydrogens (primary N) is 1. The summed E-state index contributed by atoms with van der Waals surface area (Å²) in [7, 11) is 0. The highest BCUT2D eigenvalue weighted by atomic mass is 16.5. The van der Waals surface area contributed by atoms with Crippen molar-refractivity contribution in [1.29, 1.82) is 0 Å². The minimum Gasteiger partial charge on any atom is -0.492 e. The van der Waals surface area contributed by atoms with Crippen LogP contribution in [0.4, 0.5) is 23.0 Å². The lowest BCUT2D eigenvalue weighted by Crippen LogP contribution is -2.46. The number of piperazine rings is 1. The predicted molar refractivity (Wildman–Crippen MR) is 121 cm³/mol. The van der Waals surface area contributed by atoms with Crippen molar-refractivity contribution in [2.24, 2.45) is 0 Å². The molecule has 0 amide bonds. The number of hydrogen-bond donors (Lipinski definition) is 2. The van der Waals surface area contributed by atoms with Crippen LogP contribution in [0.25, 0.3) is 0 Å². The van der Waals surface area contributed by atoms with Gasteiger partial charge in [0.25, 0.3) is 0 Å². The van der Waals surface area contributed by atoms with Crippen LogP contribution in [0.5, 0.6) is 5.75 Å². The number of para-hydroxylation sites is 2. The van der Waals surface area contributed by atoms with Crippen LogP contribution >= 0.6 is 0 Å². The van der Waals surface area contributed by atoms with Gasteiger partial charge in [0.1, 0.15) is 17.8 Å². The Morgan fingerprint density at radius 2 is 1.70 bits per heavy atom. The van der Waals surface area contributed by atoms with E-state index in [-0.39, 0.29) is 0 Å². The zero-order chi connectivity index (χ0) is 20.8. The molecule has 7 nitrogen and oxygen atoms in total. The Labute approximate surface area is 177 Å². The summed E-state index contributed by atoms with van der Waals surface area (Å²) < 4.78 is 5.69. The van der Waals surface area contributed by atoms with Gasteiger partial charge in [0.15, 0.2) is 11.6 Å². The summed E-state index contributed by atoms with van der Waals surface area (Å²) in [5, 5.41) is 3.31. The Morgan fingerprint density at radius 1 is 0.967 bits per heavy atom. The number of nitrogens with one attached hydrogen (secondary N) is 1. The summed E-state index contributed by atoms with van der Waals surface area (Å²) in [5.74, 6) is 2.15. The fourth-order valence-corrected chi connectivity index (χ4v) is 3.68. The van der Waals surface area contributed by atoms with Crippen LogP contribution < -0.4 is 20.7 Å². The maximum absolute atomic E-state index is 6.46. The molecule has 0 atom stereocenters. The smallest absolute Gasteiger partial charge is 0.159 e. The van der Waals surface area contributed by atoms with Crippen LogP contribution in [-0.2, 0) is 6.54 Å². The second-order valence-electron chi connectivity index (χ2n) is 7.26. The zero-order valence-electron chi connectivity index (χ0n) is 17.3. The van der Waals surface area contributed by atoms with Crippen LogP contribution in [0.1, 0.15) is 12.5 Å². The van der Waals surface area contributed by atoms with E-state index in [2.05, 4.69) is 55.4 Å². The Kier molecular flexibility index (Phi) is 6.29. The summed E-state index contributed by atoms with van der Waals surface area (Å²) in [4.78, 5) is 13.5. The molecule has 7 heteroatoms. The van der Waals surface area contributed by atoms with Crippen LogP contribution in [0.2, 0.25) is 0 Å². The average molecular weight is 405 g/mol. The summed E-state index contributed by atoms with van der Waals surface area (Å²) >= 11 is 0. The van der Waals surface area contributed by atoms with E-state index in [4.69, 9.17) is 10.5 Å². The highest BCUT2D eigenvalue weighted by Gasteiger charge is 2.21. The zero-order valence-corrected chi connectivity index (χ0v) is 17.3. The molecular weight excluding hydrogens is 376 g/mol. The van der Waals surface area contributed by atoms with E-state index in [1.807, 2.05) is 31.2 Å². The summed E-state index contributed by atoms with van der Waals surface area (Å²) in [6, 6.07) is 18.4. The van der Waals surface area contributed by atoms with Crippen LogP contribution in [-0.4, -0.2) is 47.7 Å². The van der Waals surface area contributed by atoms with E-state index >= 15 is 0 Å². The van der Waals surface area contributed by atoms with Crippen molar-refractivity contribution in [3.8, 4) is 5.75 Å². The standard InChI is InChI=1S/C23H28N6O/c1-2-30-20-11-7-6-10-19(20)27-22-21(24)23(26-17-25-22)29-14-12-28(13-15-29)16-18-8-4-3-5-9-18/h3-11,17H,2,12-16,24H2,1H3,(H,25,26,27). The molecule has 1 saturated heterocycles. The summed E-state index contributed by atoms with van der Waals surface area (Å²) in [6.45, 7) is 7.21. The molecule has 1 aliphatic heterocycles. The topological polar surface area (TPSA) is 79.5 Å². The fourth-order valence-electron chi connectivity index (χ4n) is 3.68. The van der Waals surface area contributed by atoms with Crippen LogP contribution in [0.15, 0.2) is 60.9 Å². The molecule has 3 aromatic rings. The van der Waals surface area contributed by atoms with E-state index in [1.54, 1.807) is 6.33 Å². The Morgan fingerprint density at radius 3 is 2.47 bits per heavy atom. The number of anilines is 4. The maximum Gasteiger partial charge on any atom is 0.159 e. The van der Waals surface area contributed by atoms with Crippen molar-refractivity contribution in [2.75, 3.05) is 48.7 Å². The number of hydrogen-bond acceptors (Lipinski definition) is 7. The molecule has 0 unspecified atom stereocenters. The predicted octanol–water partition coefficient (Wildman–Crippen LogP) is 3.52. The molecule has 2 aromatic carbocycles. The lowest BCUT2D eigenvalue weighted by atomic mass is 10.2. The fraction of sp³-hybridized carbons (Fsp3) is 0.304. The van der Waals surface area contributed by atoms with E-state index in [9.17, 15) is 0 Å². The normalized spacial score (nSPS) is 14.5.